The van der Waals surface area contributed by atoms with Gasteiger partial charge in [0.1, 0.15) is 28.9 Å². The fourth-order valence-corrected chi connectivity index (χ4v) is 2.32. The number of aromatic nitrogens is 2. The van der Waals surface area contributed by atoms with Crippen molar-refractivity contribution in [3.63, 3.8) is 0 Å². The molecule has 0 saturated heterocycles. The van der Waals surface area contributed by atoms with Crippen LogP contribution in [-0.4, -0.2) is 23.0 Å². The number of terminal acetylenes is 1. The zero-order valence-corrected chi connectivity index (χ0v) is 13.1. The third kappa shape index (κ3) is 3.66. The van der Waals surface area contributed by atoms with Crippen molar-refractivity contribution in [3.8, 4) is 35.2 Å². The van der Waals surface area contributed by atoms with Crippen molar-refractivity contribution in [1.82, 2.24) is 9.78 Å². The number of alkyl halides is 2. The van der Waals surface area contributed by atoms with Gasteiger partial charge < -0.3 is 9.47 Å². The molecule has 0 saturated carbocycles. The van der Waals surface area contributed by atoms with E-state index < -0.39 is 18.3 Å². The Bertz CT molecular complexity index is 772. The Balaban J connectivity index is 2.52. The fraction of sp³-hybridized carbons (Fsp3) is 0.214. The second-order valence-corrected chi connectivity index (χ2v) is 5.01. The van der Waals surface area contributed by atoms with Crippen molar-refractivity contribution in [2.24, 2.45) is 7.05 Å². The fourth-order valence-electron chi connectivity index (χ4n) is 1.81. The molecule has 0 bridgehead atoms. The molecule has 0 amide bonds. The molecule has 23 heavy (non-hydrogen) atoms. The van der Waals surface area contributed by atoms with Crippen molar-refractivity contribution in [2.45, 2.75) is 6.61 Å². The topological polar surface area (TPSA) is 36.3 Å². The van der Waals surface area contributed by atoms with Crippen LogP contribution >= 0.6 is 23.2 Å². The maximum absolute atomic E-state index is 14.1. The first-order valence-corrected chi connectivity index (χ1v) is 6.83. The van der Waals surface area contributed by atoms with Crippen molar-refractivity contribution in [3.05, 3.63) is 28.0 Å². The summed E-state index contributed by atoms with van der Waals surface area (Å²) in [7, 11) is 1.33. The van der Waals surface area contributed by atoms with Crippen molar-refractivity contribution in [2.75, 3.05) is 6.61 Å². The van der Waals surface area contributed by atoms with Crippen LogP contribution in [0.1, 0.15) is 0 Å². The molecular weight excluding hydrogens is 356 g/mol. The van der Waals surface area contributed by atoms with E-state index in [0.717, 1.165) is 10.7 Å². The summed E-state index contributed by atoms with van der Waals surface area (Å²) in [6.45, 7) is -3.18. The third-order valence-electron chi connectivity index (χ3n) is 2.73. The number of benzene rings is 1. The minimum absolute atomic E-state index is 0.00222. The highest BCUT2D eigenvalue weighted by atomic mass is 35.5. The van der Waals surface area contributed by atoms with Gasteiger partial charge in [0.25, 0.3) is 0 Å². The number of halogens is 5. The lowest BCUT2D eigenvalue weighted by molar-refractivity contribution is -0.0552. The quantitative estimate of drug-likeness (QED) is 0.747. The first-order valence-electron chi connectivity index (χ1n) is 6.08. The van der Waals surface area contributed by atoms with E-state index in [-0.39, 0.29) is 33.7 Å². The zero-order valence-electron chi connectivity index (χ0n) is 11.6. The van der Waals surface area contributed by atoms with Gasteiger partial charge in [0, 0.05) is 12.6 Å². The van der Waals surface area contributed by atoms with Crippen LogP contribution in [0.15, 0.2) is 12.1 Å². The van der Waals surface area contributed by atoms with E-state index in [1.54, 1.807) is 0 Å². The Kier molecular flexibility index (Phi) is 5.29. The molecular formula is C14H9Cl2F3N2O2. The van der Waals surface area contributed by atoms with E-state index in [1.807, 2.05) is 0 Å². The molecule has 0 unspecified atom stereocenters. The summed E-state index contributed by atoms with van der Waals surface area (Å²) in [6, 6.07) is 2.22. The standard InChI is InChI=1S/C14H9Cl2F3N2O2/c1-3-4-22-10-5-7(9(17)6-8(10)15)12-11(16)13(21(2)20-12)23-14(18)19/h1,5-6,14H,4H2,2H3. The molecule has 1 aromatic heterocycles. The minimum Gasteiger partial charge on any atom is -0.479 e. The molecule has 0 N–H and O–H groups in total. The second kappa shape index (κ2) is 7.02. The molecule has 0 spiro atoms. The predicted octanol–water partition coefficient (Wildman–Crippen LogP) is 4.15. The normalized spacial score (nSPS) is 10.7. The summed E-state index contributed by atoms with van der Waals surface area (Å²) in [6.07, 6.45) is 5.08. The Morgan fingerprint density at radius 1 is 1.39 bits per heavy atom. The molecule has 1 aromatic carbocycles. The smallest absolute Gasteiger partial charge is 0.388 e. The van der Waals surface area contributed by atoms with Gasteiger partial charge in [-0.2, -0.15) is 13.9 Å². The van der Waals surface area contributed by atoms with Gasteiger partial charge in [-0.05, 0) is 12.1 Å². The average Bonchev–Trinajstić information content (AvgIpc) is 2.74. The van der Waals surface area contributed by atoms with Crippen LogP contribution in [-0.2, 0) is 7.05 Å². The first-order chi connectivity index (χ1) is 10.8. The van der Waals surface area contributed by atoms with Crippen LogP contribution in [0, 0.1) is 18.2 Å². The van der Waals surface area contributed by atoms with Gasteiger partial charge in [-0.1, -0.05) is 29.1 Å². The van der Waals surface area contributed by atoms with E-state index in [9.17, 15) is 13.2 Å². The first kappa shape index (κ1) is 17.3. The molecule has 0 atom stereocenters. The Morgan fingerprint density at radius 3 is 2.70 bits per heavy atom. The van der Waals surface area contributed by atoms with Crippen molar-refractivity contribution >= 4 is 23.2 Å². The van der Waals surface area contributed by atoms with Crippen molar-refractivity contribution in [1.29, 1.82) is 0 Å². The molecule has 0 aliphatic rings. The SMILES string of the molecule is C#CCOc1cc(-c2nn(C)c(OC(F)F)c2Cl)c(F)cc1Cl. The van der Waals surface area contributed by atoms with E-state index in [4.69, 9.17) is 34.4 Å². The monoisotopic (exact) mass is 364 g/mol. The summed E-state index contributed by atoms with van der Waals surface area (Å²) in [5.41, 5.74) is -0.185. The molecule has 4 nitrogen and oxygen atoms in total. The summed E-state index contributed by atoms with van der Waals surface area (Å²) in [5, 5.41) is 3.62. The Morgan fingerprint density at radius 2 is 2.09 bits per heavy atom. The van der Waals surface area contributed by atoms with Gasteiger partial charge >= 0.3 is 6.61 Å². The minimum atomic E-state index is -3.10. The van der Waals surface area contributed by atoms with Gasteiger partial charge in [0.15, 0.2) is 0 Å². The van der Waals surface area contributed by atoms with Crippen molar-refractivity contribution < 1.29 is 22.6 Å². The van der Waals surface area contributed by atoms with Crippen LogP contribution in [0.25, 0.3) is 11.3 Å². The lowest BCUT2D eigenvalue weighted by atomic mass is 10.1. The van der Waals surface area contributed by atoms with Crippen LogP contribution in [0.3, 0.4) is 0 Å². The maximum Gasteiger partial charge on any atom is 0.388 e. The molecule has 122 valence electrons. The molecule has 9 heteroatoms. The van der Waals surface area contributed by atoms with Gasteiger partial charge in [-0.25, -0.2) is 9.07 Å². The highest BCUT2D eigenvalue weighted by molar-refractivity contribution is 6.34. The summed E-state index contributed by atoms with van der Waals surface area (Å²) < 4.78 is 49.3. The molecule has 0 radical (unpaired) electrons. The molecule has 0 fully saturated rings. The van der Waals surface area contributed by atoms with Crippen LogP contribution in [0.4, 0.5) is 13.2 Å². The highest BCUT2D eigenvalue weighted by Gasteiger charge is 2.23. The lowest BCUT2D eigenvalue weighted by Crippen LogP contribution is -2.06. The predicted molar refractivity (Wildman–Crippen MR) is 79.6 cm³/mol. The summed E-state index contributed by atoms with van der Waals surface area (Å²) in [4.78, 5) is 0. The Hall–Kier alpha value is -2.04. The van der Waals surface area contributed by atoms with Gasteiger partial charge in [-0.15, -0.1) is 6.42 Å². The molecule has 2 aromatic rings. The average molecular weight is 365 g/mol. The van der Waals surface area contributed by atoms with Gasteiger partial charge in [-0.3, -0.25) is 0 Å². The van der Waals surface area contributed by atoms with Gasteiger partial charge in [0.2, 0.25) is 5.88 Å². The lowest BCUT2D eigenvalue weighted by Gasteiger charge is -2.08. The molecule has 2 rings (SSSR count). The maximum atomic E-state index is 14.1. The van der Waals surface area contributed by atoms with Crippen LogP contribution in [0.2, 0.25) is 10.0 Å². The van der Waals surface area contributed by atoms with Gasteiger partial charge in [0.05, 0.1) is 5.02 Å². The molecule has 1 heterocycles. The number of hydrogen-bond donors (Lipinski definition) is 0. The molecule has 0 aliphatic heterocycles. The van der Waals surface area contributed by atoms with E-state index >= 15 is 0 Å². The summed E-state index contributed by atoms with van der Waals surface area (Å²) >= 11 is 11.8. The number of rotatable bonds is 5. The number of ether oxygens (including phenoxy) is 2. The van der Waals surface area contributed by atoms with E-state index in [1.165, 1.54) is 13.1 Å². The highest BCUT2D eigenvalue weighted by Crippen LogP contribution is 2.39. The van der Waals surface area contributed by atoms with Crippen LogP contribution < -0.4 is 9.47 Å². The zero-order chi connectivity index (χ0) is 17.1. The largest absolute Gasteiger partial charge is 0.479 e. The third-order valence-corrected chi connectivity index (χ3v) is 3.36. The number of nitrogens with zero attached hydrogens (tertiary/aromatic N) is 2. The van der Waals surface area contributed by atoms with E-state index in [0.29, 0.717) is 0 Å². The summed E-state index contributed by atoms with van der Waals surface area (Å²) in [5.74, 6) is 1.20. The Labute approximate surface area is 139 Å². The van der Waals surface area contributed by atoms with E-state index in [2.05, 4.69) is 15.8 Å². The number of hydrogen-bond acceptors (Lipinski definition) is 3. The molecule has 0 aliphatic carbocycles. The van der Waals surface area contributed by atoms with Crippen LogP contribution in [0.5, 0.6) is 11.6 Å². The second-order valence-electron chi connectivity index (χ2n) is 4.23. The number of aryl methyl sites for hydroxylation is 1.